The van der Waals surface area contributed by atoms with Gasteiger partial charge in [0, 0.05) is 16.1 Å². The molecule has 0 radical (unpaired) electrons. The number of ketones is 1. The minimum atomic E-state index is -2.13. The molecule has 1 amide bonds. The van der Waals surface area contributed by atoms with Gasteiger partial charge in [-0.25, -0.2) is 0 Å². The Balaban J connectivity index is 2.02. The fourth-order valence-corrected chi connectivity index (χ4v) is 3.61. The van der Waals surface area contributed by atoms with E-state index in [1.807, 2.05) is 13.0 Å². The molecule has 0 aliphatic carbocycles. The molecule has 27 heavy (non-hydrogen) atoms. The van der Waals surface area contributed by atoms with Crippen LogP contribution in [0.15, 0.2) is 36.4 Å². The molecule has 1 atom stereocenters. The second-order valence-electron chi connectivity index (χ2n) is 6.28. The first-order valence-electron chi connectivity index (χ1n) is 8.33. The maximum absolute atomic E-state index is 12.9. The molecule has 0 saturated heterocycles. The minimum Gasteiger partial charge on any atom is -0.508 e. The number of aliphatic hydroxyl groups is 1. The van der Waals surface area contributed by atoms with Crippen LogP contribution >= 0.6 is 23.2 Å². The third-order valence-electron chi connectivity index (χ3n) is 4.42. The molecule has 1 unspecified atom stereocenters. The number of amides is 1. The maximum atomic E-state index is 12.9. The first-order chi connectivity index (χ1) is 12.8. The number of rotatable bonds is 5. The summed E-state index contributed by atoms with van der Waals surface area (Å²) in [6.07, 6.45) is 3.79. The Morgan fingerprint density at radius 2 is 1.93 bits per heavy atom. The Bertz CT molecular complexity index is 971. The molecule has 0 fully saturated rings. The number of carbonyl (C=O) groups excluding carboxylic acids is 2. The number of Topliss-reactive ketones (excluding diaryl/α,β-unsaturated/α-hetero) is 1. The highest BCUT2D eigenvalue weighted by atomic mass is 35.5. The number of carbonyl (C=O) groups is 2. The van der Waals surface area contributed by atoms with Gasteiger partial charge < -0.3 is 15.5 Å². The smallest absolute Gasteiger partial charge is 0.261 e. The Kier molecular flexibility index (Phi) is 5.29. The molecule has 5 nitrogen and oxygen atoms in total. The second-order valence-corrected chi connectivity index (χ2v) is 7.09. The summed E-state index contributed by atoms with van der Waals surface area (Å²) in [7, 11) is 0. The third-order valence-corrected chi connectivity index (χ3v) is 5.05. The fourth-order valence-electron chi connectivity index (χ4n) is 3.09. The number of phenols is 1. The predicted molar refractivity (Wildman–Crippen MR) is 105 cm³/mol. The molecule has 0 aromatic heterocycles. The van der Waals surface area contributed by atoms with Gasteiger partial charge in [0.2, 0.25) is 0 Å². The average molecular weight is 406 g/mol. The number of halogens is 2. The van der Waals surface area contributed by atoms with Crippen molar-refractivity contribution in [1.29, 1.82) is 0 Å². The quantitative estimate of drug-likeness (QED) is 0.637. The van der Waals surface area contributed by atoms with Gasteiger partial charge in [-0.05, 0) is 42.3 Å². The number of hydrogen-bond donors (Lipinski definition) is 3. The standard InChI is InChI=1S/C20H17Cl2NO4/c1-2-3-4-11-9-12(24)5-6-13(11)16(25)10-20(27)17-14(21)7-8-15(22)18(17)23-19(20)26/h3-9,24,27H,2,10H2,1H3,(H,23,26)/b4-3-. The Morgan fingerprint density at radius 1 is 1.22 bits per heavy atom. The lowest BCUT2D eigenvalue weighted by atomic mass is 9.87. The highest BCUT2D eigenvalue weighted by molar-refractivity contribution is 6.38. The Hall–Kier alpha value is -2.34. The summed E-state index contributed by atoms with van der Waals surface area (Å²) < 4.78 is 0. The van der Waals surface area contributed by atoms with E-state index in [-0.39, 0.29) is 32.6 Å². The number of phenolic OH excluding ortho intramolecular Hbond substituents is 1. The Labute approximate surface area is 166 Å². The van der Waals surface area contributed by atoms with Gasteiger partial charge in [-0.2, -0.15) is 0 Å². The largest absolute Gasteiger partial charge is 0.508 e. The van der Waals surface area contributed by atoms with Crippen LogP contribution in [-0.4, -0.2) is 21.9 Å². The van der Waals surface area contributed by atoms with Gasteiger partial charge in [-0.15, -0.1) is 0 Å². The van der Waals surface area contributed by atoms with Crippen molar-refractivity contribution < 1.29 is 19.8 Å². The lowest BCUT2D eigenvalue weighted by Crippen LogP contribution is -2.36. The molecule has 1 aliphatic rings. The number of anilines is 1. The van der Waals surface area contributed by atoms with E-state index in [4.69, 9.17) is 23.2 Å². The zero-order valence-electron chi connectivity index (χ0n) is 14.4. The van der Waals surface area contributed by atoms with E-state index in [1.54, 1.807) is 6.08 Å². The first kappa shape index (κ1) is 19.4. The monoisotopic (exact) mass is 405 g/mol. The summed E-state index contributed by atoms with van der Waals surface area (Å²) >= 11 is 12.3. The van der Waals surface area contributed by atoms with E-state index >= 15 is 0 Å². The number of benzene rings is 2. The predicted octanol–water partition coefficient (Wildman–Crippen LogP) is 4.53. The molecule has 140 valence electrons. The van der Waals surface area contributed by atoms with Gasteiger partial charge in [-0.3, -0.25) is 9.59 Å². The maximum Gasteiger partial charge on any atom is 0.261 e. The van der Waals surface area contributed by atoms with Crippen LogP contribution in [0.4, 0.5) is 5.69 Å². The number of aromatic hydroxyl groups is 1. The summed E-state index contributed by atoms with van der Waals surface area (Å²) in [6.45, 7) is 1.94. The highest BCUT2D eigenvalue weighted by Gasteiger charge is 2.49. The van der Waals surface area contributed by atoms with E-state index < -0.39 is 23.7 Å². The lowest BCUT2D eigenvalue weighted by Gasteiger charge is -2.21. The topological polar surface area (TPSA) is 86.6 Å². The van der Waals surface area contributed by atoms with Gasteiger partial charge in [-0.1, -0.05) is 42.3 Å². The summed E-state index contributed by atoms with van der Waals surface area (Å²) in [5, 5.41) is 23.6. The second kappa shape index (κ2) is 7.35. The Morgan fingerprint density at radius 3 is 2.63 bits per heavy atom. The van der Waals surface area contributed by atoms with Gasteiger partial charge >= 0.3 is 0 Å². The van der Waals surface area contributed by atoms with Crippen molar-refractivity contribution in [3.63, 3.8) is 0 Å². The van der Waals surface area contributed by atoms with Crippen LogP contribution in [0.2, 0.25) is 10.0 Å². The molecule has 2 aromatic rings. The molecule has 0 bridgehead atoms. The van der Waals surface area contributed by atoms with E-state index in [1.165, 1.54) is 30.3 Å². The van der Waals surface area contributed by atoms with Crippen LogP contribution in [0.3, 0.4) is 0 Å². The van der Waals surface area contributed by atoms with E-state index in [0.717, 1.165) is 6.42 Å². The minimum absolute atomic E-state index is 0.0137. The van der Waals surface area contributed by atoms with Crippen LogP contribution in [0.5, 0.6) is 5.75 Å². The van der Waals surface area contributed by atoms with Crippen molar-refractivity contribution in [2.24, 2.45) is 0 Å². The zero-order valence-corrected chi connectivity index (χ0v) is 15.9. The van der Waals surface area contributed by atoms with Crippen LogP contribution in [0.25, 0.3) is 6.08 Å². The molecule has 0 spiro atoms. The molecule has 2 aromatic carbocycles. The molecule has 3 rings (SSSR count). The van der Waals surface area contributed by atoms with Crippen LogP contribution in [-0.2, 0) is 10.4 Å². The normalized spacial score (nSPS) is 18.6. The molecule has 7 heteroatoms. The van der Waals surface area contributed by atoms with Crippen molar-refractivity contribution >= 4 is 46.7 Å². The zero-order chi connectivity index (χ0) is 19.8. The molecule has 0 saturated carbocycles. The number of hydrogen-bond acceptors (Lipinski definition) is 4. The number of allylic oxidation sites excluding steroid dienone is 1. The van der Waals surface area contributed by atoms with Crippen molar-refractivity contribution in [2.75, 3.05) is 5.32 Å². The number of fused-ring (bicyclic) bond motifs is 1. The van der Waals surface area contributed by atoms with Crippen molar-refractivity contribution in [1.82, 2.24) is 0 Å². The van der Waals surface area contributed by atoms with Crippen molar-refractivity contribution in [3.8, 4) is 5.75 Å². The lowest BCUT2D eigenvalue weighted by molar-refractivity contribution is -0.133. The molecular formula is C20H17Cl2NO4. The van der Waals surface area contributed by atoms with Crippen LogP contribution < -0.4 is 5.32 Å². The van der Waals surface area contributed by atoms with Crippen LogP contribution in [0.1, 0.15) is 41.3 Å². The third kappa shape index (κ3) is 3.46. The van der Waals surface area contributed by atoms with E-state index in [2.05, 4.69) is 5.32 Å². The van der Waals surface area contributed by atoms with Crippen molar-refractivity contribution in [2.45, 2.75) is 25.4 Å². The summed E-state index contributed by atoms with van der Waals surface area (Å²) in [6, 6.07) is 7.27. The summed E-state index contributed by atoms with van der Waals surface area (Å²) in [4.78, 5) is 25.4. The summed E-state index contributed by atoms with van der Waals surface area (Å²) in [5.74, 6) is -1.21. The SMILES string of the molecule is CC/C=C\c1cc(O)ccc1C(=O)CC1(O)C(=O)Nc2c(Cl)ccc(Cl)c21. The van der Waals surface area contributed by atoms with Crippen molar-refractivity contribution in [3.05, 3.63) is 63.1 Å². The average Bonchev–Trinajstić information content (AvgIpc) is 2.88. The molecule has 1 heterocycles. The van der Waals surface area contributed by atoms with Gasteiger partial charge in [0.15, 0.2) is 11.4 Å². The van der Waals surface area contributed by atoms with Gasteiger partial charge in [0.1, 0.15) is 5.75 Å². The number of nitrogens with one attached hydrogen (secondary N) is 1. The van der Waals surface area contributed by atoms with Crippen LogP contribution in [0, 0.1) is 0 Å². The van der Waals surface area contributed by atoms with E-state index in [0.29, 0.717) is 5.56 Å². The summed E-state index contributed by atoms with van der Waals surface area (Å²) in [5.41, 5.74) is -1.04. The highest BCUT2D eigenvalue weighted by Crippen LogP contribution is 2.46. The fraction of sp³-hybridized carbons (Fsp3) is 0.200. The van der Waals surface area contributed by atoms with E-state index in [9.17, 15) is 19.8 Å². The van der Waals surface area contributed by atoms with Gasteiger partial charge in [0.25, 0.3) is 5.91 Å². The van der Waals surface area contributed by atoms with Gasteiger partial charge in [0.05, 0.1) is 17.1 Å². The molecule has 3 N–H and O–H groups in total. The molecule has 1 aliphatic heterocycles. The molecular weight excluding hydrogens is 389 g/mol. The first-order valence-corrected chi connectivity index (χ1v) is 9.08.